The maximum absolute atomic E-state index is 12.7. The van der Waals surface area contributed by atoms with Gasteiger partial charge in [-0.05, 0) is 18.4 Å². The fourth-order valence-electron chi connectivity index (χ4n) is 2.57. The summed E-state index contributed by atoms with van der Waals surface area (Å²) in [7, 11) is 0. The van der Waals surface area contributed by atoms with E-state index in [4.69, 9.17) is 4.74 Å². The van der Waals surface area contributed by atoms with Gasteiger partial charge in [-0.3, -0.25) is 4.90 Å². The highest BCUT2D eigenvalue weighted by Crippen LogP contribution is 2.37. The van der Waals surface area contributed by atoms with E-state index < -0.39 is 5.92 Å². The van der Waals surface area contributed by atoms with Crippen LogP contribution in [0.1, 0.15) is 18.4 Å². The molecule has 18 heavy (non-hydrogen) atoms. The third-order valence-corrected chi connectivity index (χ3v) is 3.78. The van der Waals surface area contributed by atoms with Crippen LogP contribution in [0.5, 0.6) is 0 Å². The first-order valence-electron chi connectivity index (χ1n) is 6.40. The first kappa shape index (κ1) is 12.1. The first-order chi connectivity index (χ1) is 8.62. The highest BCUT2D eigenvalue weighted by molar-refractivity contribution is 5.13. The van der Waals surface area contributed by atoms with E-state index in [1.54, 1.807) is 0 Å². The maximum Gasteiger partial charge on any atom is 0.272 e. The SMILES string of the molecule is FC1(F)CN(C2CC(OCc3ccccc3)C2)C1. The number of benzene rings is 1. The Hall–Kier alpha value is -1.00. The minimum atomic E-state index is -2.45. The van der Waals surface area contributed by atoms with Crippen LogP contribution in [0, 0.1) is 0 Å². The molecule has 0 aromatic heterocycles. The summed E-state index contributed by atoms with van der Waals surface area (Å²) in [5.41, 5.74) is 1.16. The van der Waals surface area contributed by atoms with Crippen LogP contribution in [0.2, 0.25) is 0 Å². The molecule has 0 spiro atoms. The van der Waals surface area contributed by atoms with E-state index in [0.29, 0.717) is 12.6 Å². The van der Waals surface area contributed by atoms with Gasteiger partial charge >= 0.3 is 0 Å². The van der Waals surface area contributed by atoms with E-state index in [2.05, 4.69) is 0 Å². The lowest BCUT2D eigenvalue weighted by molar-refractivity contribution is -0.174. The van der Waals surface area contributed by atoms with Crippen molar-refractivity contribution in [3.8, 4) is 0 Å². The second kappa shape index (κ2) is 4.59. The van der Waals surface area contributed by atoms with Crippen LogP contribution in [-0.4, -0.2) is 36.1 Å². The molecular weight excluding hydrogens is 236 g/mol. The monoisotopic (exact) mass is 253 g/mol. The predicted octanol–water partition coefficient (Wildman–Crippen LogP) is 2.69. The molecule has 2 nitrogen and oxygen atoms in total. The number of likely N-dealkylation sites (tertiary alicyclic amines) is 1. The molecule has 1 aliphatic carbocycles. The second-order valence-electron chi connectivity index (χ2n) is 5.30. The van der Waals surface area contributed by atoms with Gasteiger partial charge in [0, 0.05) is 6.04 Å². The van der Waals surface area contributed by atoms with Gasteiger partial charge in [-0.25, -0.2) is 8.78 Å². The molecule has 2 aliphatic rings. The van der Waals surface area contributed by atoms with E-state index in [9.17, 15) is 8.78 Å². The van der Waals surface area contributed by atoms with E-state index in [-0.39, 0.29) is 19.2 Å². The number of alkyl halides is 2. The highest BCUT2D eigenvalue weighted by atomic mass is 19.3. The summed E-state index contributed by atoms with van der Waals surface area (Å²) in [6.45, 7) is 0.487. The summed E-state index contributed by atoms with van der Waals surface area (Å²) in [6.07, 6.45) is 2.02. The van der Waals surface area contributed by atoms with Crippen LogP contribution in [-0.2, 0) is 11.3 Å². The van der Waals surface area contributed by atoms with E-state index in [0.717, 1.165) is 18.4 Å². The second-order valence-corrected chi connectivity index (χ2v) is 5.30. The standard InChI is InChI=1S/C14H17F2NO/c15-14(16)9-17(10-14)12-6-13(7-12)18-8-11-4-2-1-3-5-11/h1-5,12-13H,6-10H2. The summed E-state index contributed by atoms with van der Waals surface area (Å²) < 4.78 is 31.2. The van der Waals surface area contributed by atoms with Crippen LogP contribution in [0.15, 0.2) is 30.3 Å². The molecule has 0 bridgehead atoms. The van der Waals surface area contributed by atoms with Gasteiger partial charge in [-0.15, -0.1) is 0 Å². The van der Waals surface area contributed by atoms with E-state index >= 15 is 0 Å². The average Bonchev–Trinajstić information content (AvgIpc) is 2.25. The van der Waals surface area contributed by atoms with Gasteiger partial charge < -0.3 is 4.74 Å². The molecule has 0 radical (unpaired) electrons. The summed E-state index contributed by atoms with van der Waals surface area (Å²) in [4.78, 5) is 1.86. The van der Waals surface area contributed by atoms with Gasteiger partial charge in [-0.1, -0.05) is 30.3 Å². The first-order valence-corrected chi connectivity index (χ1v) is 6.40. The van der Waals surface area contributed by atoms with Crippen LogP contribution in [0.3, 0.4) is 0 Å². The van der Waals surface area contributed by atoms with Crippen LogP contribution in [0.4, 0.5) is 8.78 Å². The zero-order valence-electron chi connectivity index (χ0n) is 10.2. The van der Waals surface area contributed by atoms with E-state index in [1.807, 2.05) is 35.2 Å². The molecule has 0 unspecified atom stereocenters. The summed E-state index contributed by atoms with van der Waals surface area (Å²) >= 11 is 0. The summed E-state index contributed by atoms with van der Waals surface area (Å²) in [5, 5.41) is 0. The van der Waals surface area contributed by atoms with Crippen molar-refractivity contribution >= 4 is 0 Å². The highest BCUT2D eigenvalue weighted by Gasteiger charge is 2.49. The lowest BCUT2D eigenvalue weighted by atomic mass is 9.85. The Morgan fingerprint density at radius 1 is 1.17 bits per heavy atom. The summed E-state index contributed by atoms with van der Waals surface area (Å²) in [6, 6.07) is 10.3. The smallest absolute Gasteiger partial charge is 0.272 e. The van der Waals surface area contributed by atoms with E-state index in [1.165, 1.54) is 0 Å². The molecular formula is C14H17F2NO. The molecule has 1 heterocycles. The van der Waals surface area contributed by atoms with Crippen molar-refractivity contribution < 1.29 is 13.5 Å². The molecule has 4 heteroatoms. The number of ether oxygens (including phenoxy) is 1. The zero-order chi connectivity index (χ0) is 12.6. The van der Waals surface area contributed by atoms with Gasteiger partial charge in [0.25, 0.3) is 5.92 Å². The van der Waals surface area contributed by atoms with Crippen LogP contribution in [0.25, 0.3) is 0 Å². The van der Waals surface area contributed by atoms with Crippen molar-refractivity contribution in [1.82, 2.24) is 4.90 Å². The van der Waals surface area contributed by atoms with Crippen molar-refractivity contribution in [3.63, 3.8) is 0 Å². The molecule has 2 fully saturated rings. The molecule has 0 N–H and O–H groups in total. The largest absolute Gasteiger partial charge is 0.373 e. The molecule has 98 valence electrons. The maximum atomic E-state index is 12.7. The molecule has 3 rings (SSSR count). The molecule has 1 aromatic carbocycles. The van der Waals surface area contributed by atoms with Gasteiger partial charge in [-0.2, -0.15) is 0 Å². The fourth-order valence-corrected chi connectivity index (χ4v) is 2.57. The Balaban J connectivity index is 1.36. The Labute approximate surface area is 106 Å². The normalized spacial score (nSPS) is 30.6. The predicted molar refractivity (Wildman–Crippen MR) is 64.6 cm³/mol. The van der Waals surface area contributed by atoms with Crippen LogP contribution < -0.4 is 0 Å². The molecule has 1 aromatic rings. The van der Waals surface area contributed by atoms with Crippen molar-refractivity contribution in [1.29, 1.82) is 0 Å². The number of hydrogen-bond acceptors (Lipinski definition) is 2. The van der Waals surface area contributed by atoms with Crippen molar-refractivity contribution in [3.05, 3.63) is 35.9 Å². The Kier molecular flexibility index (Phi) is 3.08. The minimum Gasteiger partial charge on any atom is -0.373 e. The number of rotatable bonds is 4. The molecule has 0 amide bonds. The molecule has 0 atom stereocenters. The fraction of sp³-hybridized carbons (Fsp3) is 0.571. The topological polar surface area (TPSA) is 12.5 Å². The lowest BCUT2D eigenvalue weighted by Crippen LogP contribution is -2.63. The third-order valence-electron chi connectivity index (χ3n) is 3.78. The van der Waals surface area contributed by atoms with Crippen molar-refractivity contribution in [2.75, 3.05) is 13.1 Å². The van der Waals surface area contributed by atoms with Gasteiger partial charge in [0.1, 0.15) is 0 Å². The lowest BCUT2D eigenvalue weighted by Gasteiger charge is -2.49. The number of halogens is 2. The Morgan fingerprint density at radius 3 is 2.44 bits per heavy atom. The minimum absolute atomic E-state index is 0.0664. The number of hydrogen-bond donors (Lipinski definition) is 0. The van der Waals surface area contributed by atoms with Gasteiger partial charge in [0.2, 0.25) is 0 Å². The van der Waals surface area contributed by atoms with Gasteiger partial charge in [0.05, 0.1) is 25.8 Å². The van der Waals surface area contributed by atoms with Crippen LogP contribution >= 0.6 is 0 Å². The van der Waals surface area contributed by atoms with Gasteiger partial charge in [0.15, 0.2) is 0 Å². The quantitative estimate of drug-likeness (QED) is 0.818. The third kappa shape index (κ3) is 2.54. The Morgan fingerprint density at radius 2 is 1.83 bits per heavy atom. The average molecular weight is 253 g/mol. The summed E-state index contributed by atoms with van der Waals surface area (Å²) in [5.74, 6) is -2.45. The molecule has 1 aliphatic heterocycles. The molecule has 1 saturated carbocycles. The number of nitrogens with zero attached hydrogens (tertiary/aromatic N) is 1. The molecule has 1 saturated heterocycles. The zero-order valence-corrected chi connectivity index (χ0v) is 10.2. The van der Waals surface area contributed by atoms with Crippen molar-refractivity contribution in [2.24, 2.45) is 0 Å². The van der Waals surface area contributed by atoms with Crippen molar-refractivity contribution in [2.45, 2.75) is 37.5 Å². The Bertz CT molecular complexity index is 396.